The predicted octanol–water partition coefficient (Wildman–Crippen LogP) is 4.74. The van der Waals surface area contributed by atoms with Crippen LogP contribution in [-0.2, 0) is 0 Å². The van der Waals surface area contributed by atoms with Gasteiger partial charge in [0.2, 0.25) is 0 Å². The normalized spacial score (nSPS) is 41.1. The van der Waals surface area contributed by atoms with E-state index in [2.05, 4.69) is 48.5 Å². The fourth-order valence-electron chi connectivity index (χ4n) is 3.65. The number of rotatable bonds is 3. The molecule has 0 aromatic carbocycles. The maximum absolute atomic E-state index is 2.50. The molecule has 0 spiro atoms. The molecular formula is C14H28. The highest BCUT2D eigenvalue weighted by molar-refractivity contribution is 5.08. The van der Waals surface area contributed by atoms with Gasteiger partial charge >= 0.3 is 0 Å². The summed E-state index contributed by atoms with van der Waals surface area (Å²) in [6.45, 7) is 16.9. The molecule has 0 aromatic rings. The van der Waals surface area contributed by atoms with Crippen LogP contribution in [0.2, 0.25) is 0 Å². The summed E-state index contributed by atoms with van der Waals surface area (Å²) < 4.78 is 0. The van der Waals surface area contributed by atoms with Gasteiger partial charge in [-0.1, -0.05) is 48.5 Å². The molecule has 0 N–H and O–H groups in total. The second kappa shape index (κ2) is 3.54. The first-order valence-electron chi connectivity index (χ1n) is 6.27. The molecule has 1 aliphatic carbocycles. The standard InChI is InChI=1S/C14H28/c1-8-14(7)12(9-10(2)3)11(4)13(14,5)6/h10-12H,8-9H2,1-7H3. The van der Waals surface area contributed by atoms with Crippen molar-refractivity contribution in [3.05, 3.63) is 0 Å². The predicted molar refractivity (Wildman–Crippen MR) is 64.3 cm³/mol. The van der Waals surface area contributed by atoms with Crippen molar-refractivity contribution >= 4 is 0 Å². The lowest BCUT2D eigenvalue weighted by Crippen LogP contribution is -2.60. The Balaban J connectivity index is 2.79. The second-order valence-corrected chi connectivity index (χ2v) is 6.52. The van der Waals surface area contributed by atoms with Crippen molar-refractivity contribution in [2.75, 3.05) is 0 Å². The zero-order valence-electron chi connectivity index (χ0n) is 11.1. The monoisotopic (exact) mass is 196 g/mol. The van der Waals surface area contributed by atoms with E-state index in [4.69, 9.17) is 0 Å². The number of hydrogen-bond donors (Lipinski definition) is 0. The van der Waals surface area contributed by atoms with Gasteiger partial charge in [0, 0.05) is 0 Å². The highest BCUT2D eigenvalue weighted by Crippen LogP contribution is 2.67. The third-order valence-electron chi connectivity index (χ3n) is 5.49. The van der Waals surface area contributed by atoms with E-state index in [0.29, 0.717) is 10.8 Å². The molecule has 0 heterocycles. The van der Waals surface area contributed by atoms with Gasteiger partial charge in [-0.15, -0.1) is 0 Å². The van der Waals surface area contributed by atoms with Crippen molar-refractivity contribution in [1.82, 2.24) is 0 Å². The number of hydrogen-bond acceptors (Lipinski definition) is 0. The second-order valence-electron chi connectivity index (χ2n) is 6.52. The highest BCUT2D eigenvalue weighted by Gasteiger charge is 2.60. The van der Waals surface area contributed by atoms with Crippen LogP contribution in [0.25, 0.3) is 0 Å². The van der Waals surface area contributed by atoms with Gasteiger partial charge in [0.1, 0.15) is 0 Å². The van der Waals surface area contributed by atoms with Crippen LogP contribution in [-0.4, -0.2) is 0 Å². The van der Waals surface area contributed by atoms with Crippen molar-refractivity contribution in [2.24, 2.45) is 28.6 Å². The van der Waals surface area contributed by atoms with Crippen LogP contribution in [0.1, 0.15) is 61.3 Å². The van der Waals surface area contributed by atoms with Gasteiger partial charge in [-0.05, 0) is 41.4 Å². The summed E-state index contributed by atoms with van der Waals surface area (Å²) in [6, 6.07) is 0. The molecule has 1 fully saturated rings. The van der Waals surface area contributed by atoms with Gasteiger partial charge in [-0.3, -0.25) is 0 Å². The molecule has 0 aromatic heterocycles. The molecule has 0 heteroatoms. The van der Waals surface area contributed by atoms with Crippen LogP contribution < -0.4 is 0 Å². The summed E-state index contributed by atoms with van der Waals surface area (Å²) in [7, 11) is 0. The van der Waals surface area contributed by atoms with Crippen molar-refractivity contribution in [3.8, 4) is 0 Å². The van der Waals surface area contributed by atoms with E-state index in [1.54, 1.807) is 0 Å². The van der Waals surface area contributed by atoms with E-state index in [-0.39, 0.29) is 0 Å². The topological polar surface area (TPSA) is 0 Å². The van der Waals surface area contributed by atoms with Crippen LogP contribution in [0.4, 0.5) is 0 Å². The van der Waals surface area contributed by atoms with Gasteiger partial charge in [0.25, 0.3) is 0 Å². The maximum atomic E-state index is 2.50. The summed E-state index contributed by atoms with van der Waals surface area (Å²) in [6.07, 6.45) is 2.75. The van der Waals surface area contributed by atoms with Crippen molar-refractivity contribution in [2.45, 2.75) is 61.3 Å². The van der Waals surface area contributed by atoms with E-state index in [1.165, 1.54) is 12.8 Å². The average Bonchev–Trinajstić information content (AvgIpc) is 2.11. The van der Waals surface area contributed by atoms with Gasteiger partial charge in [0.05, 0.1) is 0 Å². The van der Waals surface area contributed by atoms with Gasteiger partial charge in [-0.25, -0.2) is 0 Å². The summed E-state index contributed by atoms with van der Waals surface area (Å²) in [5.74, 6) is 2.70. The molecule has 0 saturated heterocycles. The van der Waals surface area contributed by atoms with Crippen LogP contribution in [0.5, 0.6) is 0 Å². The van der Waals surface area contributed by atoms with Crippen LogP contribution >= 0.6 is 0 Å². The molecular weight excluding hydrogens is 168 g/mol. The maximum Gasteiger partial charge on any atom is -0.0243 e. The molecule has 0 aliphatic heterocycles. The SMILES string of the molecule is CCC1(C)C(CC(C)C)C(C)C1(C)C. The first kappa shape index (κ1) is 12.1. The Kier molecular flexibility index (Phi) is 3.05. The average molecular weight is 196 g/mol. The lowest BCUT2D eigenvalue weighted by atomic mass is 9.38. The molecule has 0 radical (unpaired) electrons. The lowest BCUT2D eigenvalue weighted by Gasteiger charge is -2.66. The minimum atomic E-state index is 0.543. The van der Waals surface area contributed by atoms with E-state index in [9.17, 15) is 0 Å². The van der Waals surface area contributed by atoms with E-state index in [0.717, 1.165) is 17.8 Å². The van der Waals surface area contributed by atoms with Crippen molar-refractivity contribution in [3.63, 3.8) is 0 Å². The largest absolute Gasteiger partial charge is 0.0648 e. The third-order valence-corrected chi connectivity index (χ3v) is 5.49. The molecule has 14 heavy (non-hydrogen) atoms. The Hall–Kier alpha value is 0. The fourth-order valence-corrected chi connectivity index (χ4v) is 3.65. The first-order chi connectivity index (χ1) is 6.27. The van der Waals surface area contributed by atoms with Crippen LogP contribution in [0.3, 0.4) is 0 Å². The Morgan fingerprint density at radius 3 is 2.00 bits per heavy atom. The molecule has 1 aliphatic rings. The molecule has 0 nitrogen and oxygen atoms in total. The summed E-state index contributed by atoms with van der Waals surface area (Å²) >= 11 is 0. The van der Waals surface area contributed by atoms with Gasteiger partial charge < -0.3 is 0 Å². The molecule has 84 valence electrons. The quantitative estimate of drug-likeness (QED) is 0.611. The Labute approximate surface area is 90.5 Å². The first-order valence-corrected chi connectivity index (χ1v) is 6.27. The van der Waals surface area contributed by atoms with E-state index in [1.807, 2.05) is 0 Å². The zero-order chi connectivity index (χ0) is 11.1. The van der Waals surface area contributed by atoms with Crippen molar-refractivity contribution in [1.29, 1.82) is 0 Å². The Bertz CT molecular complexity index is 202. The lowest BCUT2D eigenvalue weighted by molar-refractivity contribution is -0.179. The summed E-state index contributed by atoms with van der Waals surface area (Å²) in [5, 5.41) is 0. The van der Waals surface area contributed by atoms with E-state index >= 15 is 0 Å². The molecule has 3 atom stereocenters. The van der Waals surface area contributed by atoms with Crippen molar-refractivity contribution < 1.29 is 0 Å². The third kappa shape index (κ3) is 1.42. The Morgan fingerprint density at radius 2 is 1.64 bits per heavy atom. The summed E-state index contributed by atoms with van der Waals surface area (Å²) in [4.78, 5) is 0. The molecule has 0 bridgehead atoms. The molecule has 3 unspecified atom stereocenters. The van der Waals surface area contributed by atoms with Gasteiger partial charge in [-0.2, -0.15) is 0 Å². The molecule has 1 rings (SSSR count). The van der Waals surface area contributed by atoms with Crippen LogP contribution in [0.15, 0.2) is 0 Å². The fraction of sp³-hybridized carbons (Fsp3) is 1.00. The van der Waals surface area contributed by atoms with Crippen LogP contribution in [0, 0.1) is 28.6 Å². The minimum absolute atomic E-state index is 0.543. The highest BCUT2D eigenvalue weighted by atomic mass is 14.6. The zero-order valence-corrected chi connectivity index (χ0v) is 11.1. The van der Waals surface area contributed by atoms with E-state index < -0.39 is 0 Å². The minimum Gasteiger partial charge on any atom is -0.0648 e. The molecule has 1 saturated carbocycles. The molecule has 0 amide bonds. The smallest absolute Gasteiger partial charge is 0.0243 e. The summed E-state index contributed by atoms with van der Waals surface area (Å²) in [5.41, 5.74) is 1.12. The van der Waals surface area contributed by atoms with Gasteiger partial charge in [0.15, 0.2) is 0 Å². The Morgan fingerprint density at radius 1 is 1.14 bits per heavy atom.